The van der Waals surface area contributed by atoms with E-state index in [1.54, 1.807) is 6.07 Å². The van der Waals surface area contributed by atoms with Crippen molar-refractivity contribution in [2.24, 2.45) is 0 Å². The molecule has 2 aromatic rings. The molecule has 2 aliphatic heterocycles. The third-order valence-corrected chi connectivity index (χ3v) is 5.55. The van der Waals surface area contributed by atoms with Gasteiger partial charge in [0.15, 0.2) is 0 Å². The number of carbonyl (C=O) groups is 5. The number of ether oxygens (including phenoxy) is 1. The molecule has 10 nitrogen and oxygen atoms in total. The summed E-state index contributed by atoms with van der Waals surface area (Å²) in [6, 6.07) is 7.62. The zero-order chi connectivity index (χ0) is 26.0. The molecule has 1 unspecified atom stereocenters. The Balaban J connectivity index is 1.37. The van der Waals surface area contributed by atoms with E-state index in [1.165, 1.54) is 24.3 Å². The lowest BCUT2D eigenvalue weighted by Crippen LogP contribution is -2.41. The average molecular weight is 504 g/mol. The van der Waals surface area contributed by atoms with Crippen LogP contribution in [0.4, 0.5) is 23.7 Å². The number of urea groups is 1. The molecule has 36 heavy (non-hydrogen) atoms. The monoisotopic (exact) mass is 504 g/mol. The number of nitrogens with zero attached hydrogens (tertiary/aromatic N) is 1. The number of hydrogen-bond donors (Lipinski definition) is 3. The molecule has 1 saturated heterocycles. The van der Waals surface area contributed by atoms with E-state index in [2.05, 4.69) is 20.7 Å². The summed E-state index contributed by atoms with van der Waals surface area (Å²) in [6.07, 6.45) is -4.82. The van der Waals surface area contributed by atoms with Gasteiger partial charge < -0.3 is 15.4 Å². The van der Waals surface area contributed by atoms with Gasteiger partial charge >= 0.3 is 12.4 Å². The third kappa shape index (κ3) is 5.62. The fourth-order valence-electron chi connectivity index (χ4n) is 3.95. The molecule has 0 radical (unpaired) electrons. The first-order valence-corrected chi connectivity index (χ1v) is 10.7. The average Bonchev–Trinajstić information content (AvgIpc) is 2.92. The van der Waals surface area contributed by atoms with Gasteiger partial charge in [0.1, 0.15) is 5.75 Å². The van der Waals surface area contributed by atoms with Crippen molar-refractivity contribution in [3.05, 3.63) is 59.2 Å². The fourth-order valence-corrected chi connectivity index (χ4v) is 3.95. The third-order valence-electron chi connectivity index (χ3n) is 5.55. The summed E-state index contributed by atoms with van der Waals surface area (Å²) < 4.78 is 40.5. The van der Waals surface area contributed by atoms with Crippen LogP contribution in [-0.2, 0) is 16.1 Å². The summed E-state index contributed by atoms with van der Waals surface area (Å²) in [5, 5.41) is 7.19. The summed E-state index contributed by atoms with van der Waals surface area (Å²) in [5.41, 5.74) is 1.01. The predicted molar refractivity (Wildman–Crippen MR) is 117 cm³/mol. The maximum atomic E-state index is 13.0. The molecule has 1 fully saturated rings. The Morgan fingerprint density at radius 3 is 2.39 bits per heavy atom. The number of anilines is 1. The second-order valence-electron chi connectivity index (χ2n) is 8.11. The standard InChI is InChI=1S/C23H19F3N4O6/c24-23(25,26)36-15-5-2-13(3-6-15)28-22(35)27-11-12-1-7-16-17(9-12)21(34)30(20(16)33)14-4-8-18(31)29-19(32)10-14/h1-3,5-7,9,14H,4,8,10-11H2,(H2,27,28,35)(H,29,31,32). The highest BCUT2D eigenvalue weighted by Gasteiger charge is 2.41. The molecular weight excluding hydrogens is 485 g/mol. The van der Waals surface area contributed by atoms with Crippen LogP contribution in [0, 0.1) is 0 Å². The normalized spacial score (nSPS) is 17.9. The largest absolute Gasteiger partial charge is 0.573 e. The number of imide groups is 2. The van der Waals surface area contributed by atoms with Gasteiger partial charge in [0, 0.05) is 31.1 Å². The van der Waals surface area contributed by atoms with Gasteiger partial charge in [-0.15, -0.1) is 13.2 Å². The van der Waals surface area contributed by atoms with E-state index in [0.29, 0.717) is 5.56 Å². The number of fused-ring (bicyclic) bond motifs is 1. The molecule has 3 N–H and O–H groups in total. The summed E-state index contributed by atoms with van der Waals surface area (Å²) in [5.74, 6) is -2.60. The van der Waals surface area contributed by atoms with E-state index < -0.39 is 47.8 Å². The van der Waals surface area contributed by atoms with Crippen LogP contribution in [0.1, 0.15) is 45.5 Å². The zero-order valence-electron chi connectivity index (χ0n) is 18.5. The number of alkyl halides is 3. The van der Waals surface area contributed by atoms with E-state index >= 15 is 0 Å². The van der Waals surface area contributed by atoms with Gasteiger partial charge in [-0.05, 0) is 48.4 Å². The Hall–Kier alpha value is -4.42. The maximum Gasteiger partial charge on any atom is 0.573 e. The number of amides is 6. The smallest absolute Gasteiger partial charge is 0.406 e. The number of carbonyl (C=O) groups excluding carboxylic acids is 5. The molecule has 0 aromatic heterocycles. The molecule has 6 amide bonds. The number of benzene rings is 2. The van der Waals surface area contributed by atoms with Crippen LogP contribution in [0.5, 0.6) is 5.75 Å². The van der Waals surface area contributed by atoms with Crippen LogP contribution in [0.15, 0.2) is 42.5 Å². The Morgan fingerprint density at radius 1 is 1.00 bits per heavy atom. The van der Waals surface area contributed by atoms with Crippen LogP contribution in [0.2, 0.25) is 0 Å². The Bertz CT molecular complexity index is 1250. The molecule has 4 rings (SSSR count). The molecule has 2 aromatic carbocycles. The minimum absolute atomic E-state index is 0.00612. The van der Waals surface area contributed by atoms with Crippen molar-refractivity contribution < 1.29 is 41.9 Å². The lowest BCUT2D eigenvalue weighted by molar-refractivity contribution is -0.274. The molecule has 0 aliphatic carbocycles. The van der Waals surface area contributed by atoms with Gasteiger partial charge in [-0.1, -0.05) is 6.07 Å². The number of nitrogens with one attached hydrogen (secondary N) is 3. The van der Waals surface area contributed by atoms with Gasteiger partial charge in [0.2, 0.25) is 11.8 Å². The van der Waals surface area contributed by atoms with Crippen LogP contribution in [-0.4, -0.2) is 47.0 Å². The van der Waals surface area contributed by atoms with E-state index in [-0.39, 0.29) is 42.6 Å². The number of halogens is 3. The van der Waals surface area contributed by atoms with Crippen molar-refractivity contribution in [2.45, 2.75) is 38.2 Å². The van der Waals surface area contributed by atoms with Crippen LogP contribution < -0.4 is 20.7 Å². The second-order valence-corrected chi connectivity index (χ2v) is 8.11. The lowest BCUT2D eigenvalue weighted by Gasteiger charge is -2.23. The Kier molecular flexibility index (Phi) is 6.64. The van der Waals surface area contributed by atoms with E-state index in [1.807, 2.05) is 0 Å². The molecular formula is C23H19F3N4O6. The van der Waals surface area contributed by atoms with Crippen LogP contribution >= 0.6 is 0 Å². The highest BCUT2D eigenvalue weighted by atomic mass is 19.4. The SMILES string of the molecule is O=C1CCC(N2C(=O)c3ccc(CNC(=O)Nc4ccc(OC(F)(F)F)cc4)cc3C2=O)CC(=O)N1. The molecule has 13 heteroatoms. The molecule has 188 valence electrons. The van der Waals surface area contributed by atoms with Crippen molar-refractivity contribution in [1.82, 2.24) is 15.5 Å². The summed E-state index contributed by atoms with van der Waals surface area (Å²) >= 11 is 0. The molecule has 2 heterocycles. The highest BCUT2D eigenvalue weighted by Crippen LogP contribution is 2.29. The van der Waals surface area contributed by atoms with E-state index in [0.717, 1.165) is 17.0 Å². The summed E-state index contributed by atoms with van der Waals surface area (Å²) in [6.45, 7) is -0.0177. The van der Waals surface area contributed by atoms with Crippen molar-refractivity contribution in [1.29, 1.82) is 0 Å². The minimum atomic E-state index is -4.82. The van der Waals surface area contributed by atoms with Crippen molar-refractivity contribution in [2.75, 3.05) is 5.32 Å². The highest BCUT2D eigenvalue weighted by molar-refractivity contribution is 6.21. The first kappa shape index (κ1) is 24.7. The quantitative estimate of drug-likeness (QED) is 0.536. The van der Waals surface area contributed by atoms with Crippen molar-refractivity contribution in [3.63, 3.8) is 0 Å². The van der Waals surface area contributed by atoms with Gasteiger partial charge in [0.05, 0.1) is 11.1 Å². The van der Waals surface area contributed by atoms with Crippen LogP contribution in [0.25, 0.3) is 0 Å². The first-order valence-electron chi connectivity index (χ1n) is 10.7. The Labute approximate surface area is 201 Å². The van der Waals surface area contributed by atoms with Gasteiger partial charge in [0.25, 0.3) is 11.8 Å². The van der Waals surface area contributed by atoms with Crippen LogP contribution in [0.3, 0.4) is 0 Å². The van der Waals surface area contributed by atoms with E-state index in [9.17, 15) is 37.1 Å². The second kappa shape index (κ2) is 9.68. The molecule has 1 atom stereocenters. The number of rotatable bonds is 5. The fraction of sp³-hybridized carbons (Fsp3) is 0.261. The van der Waals surface area contributed by atoms with E-state index in [4.69, 9.17) is 0 Å². The molecule has 0 bridgehead atoms. The summed E-state index contributed by atoms with van der Waals surface area (Å²) in [4.78, 5) is 62.4. The molecule has 2 aliphatic rings. The summed E-state index contributed by atoms with van der Waals surface area (Å²) in [7, 11) is 0. The van der Waals surface area contributed by atoms with Crippen molar-refractivity contribution >= 4 is 35.3 Å². The zero-order valence-corrected chi connectivity index (χ0v) is 18.5. The van der Waals surface area contributed by atoms with Gasteiger partial charge in [-0.2, -0.15) is 0 Å². The Morgan fingerprint density at radius 2 is 1.69 bits per heavy atom. The molecule has 0 spiro atoms. The van der Waals surface area contributed by atoms with Gasteiger partial charge in [-0.25, -0.2) is 4.79 Å². The predicted octanol–water partition coefficient (Wildman–Crippen LogP) is 2.70. The lowest BCUT2D eigenvalue weighted by atomic mass is 10.1. The van der Waals surface area contributed by atoms with Crippen molar-refractivity contribution in [3.8, 4) is 5.75 Å². The molecule has 0 saturated carbocycles. The topological polar surface area (TPSA) is 134 Å². The van der Waals surface area contributed by atoms with Gasteiger partial charge in [-0.3, -0.25) is 29.4 Å². The maximum absolute atomic E-state index is 13.0. The minimum Gasteiger partial charge on any atom is -0.406 e. The number of hydrogen-bond acceptors (Lipinski definition) is 6. The first-order chi connectivity index (χ1) is 17.0.